The van der Waals surface area contributed by atoms with Crippen LogP contribution in [0.5, 0.6) is 11.5 Å². The number of aliphatic hydroxyl groups is 1. The van der Waals surface area contributed by atoms with Crippen LogP contribution in [-0.2, 0) is 18.3 Å². The first-order chi connectivity index (χ1) is 19.9. The number of halogens is 3. The Kier molecular flexibility index (Phi) is 9.24. The second-order valence-corrected chi connectivity index (χ2v) is 9.82. The average Bonchev–Trinajstić information content (AvgIpc) is 3.25. The topological polar surface area (TPSA) is 135 Å². The summed E-state index contributed by atoms with van der Waals surface area (Å²) in [5, 5.41) is 14.8. The second kappa shape index (κ2) is 12.7. The Labute approximate surface area is 239 Å². The number of aromatic nitrogens is 2. The minimum Gasteiger partial charge on any atom is -0.497 e. The Bertz CT molecular complexity index is 1460. The van der Waals surface area contributed by atoms with Crippen LogP contribution in [0.4, 0.5) is 18.9 Å². The fraction of sp³-hybridized carbons (Fsp3) is 0.429. The SMILES string of the molecule is CCc1nc2c(cc1NC(=O)c1ccc(OC)cc1)c(OCC(F)(F)F)c(C(=O)NC1CCN(C(=O)CO)CC1)n2C. The van der Waals surface area contributed by atoms with E-state index in [1.807, 2.05) is 6.92 Å². The molecule has 3 aromatic rings. The lowest BCUT2D eigenvalue weighted by Gasteiger charge is -2.32. The lowest BCUT2D eigenvalue weighted by atomic mass is 10.0. The van der Waals surface area contributed by atoms with Gasteiger partial charge in [-0.3, -0.25) is 14.4 Å². The Hall–Kier alpha value is -4.33. The summed E-state index contributed by atoms with van der Waals surface area (Å²) >= 11 is 0. The number of piperidine rings is 1. The van der Waals surface area contributed by atoms with Crippen molar-refractivity contribution in [2.45, 2.75) is 38.4 Å². The van der Waals surface area contributed by atoms with Crippen molar-refractivity contribution in [3.63, 3.8) is 0 Å². The largest absolute Gasteiger partial charge is 0.497 e. The van der Waals surface area contributed by atoms with E-state index in [2.05, 4.69) is 15.6 Å². The summed E-state index contributed by atoms with van der Waals surface area (Å²) < 4.78 is 51.4. The van der Waals surface area contributed by atoms with Gasteiger partial charge in [-0.1, -0.05) is 6.92 Å². The maximum atomic E-state index is 13.5. The van der Waals surface area contributed by atoms with E-state index >= 15 is 0 Å². The molecule has 14 heteroatoms. The zero-order valence-corrected chi connectivity index (χ0v) is 23.4. The van der Waals surface area contributed by atoms with Gasteiger partial charge in [0.1, 0.15) is 18.0 Å². The fourth-order valence-electron chi connectivity index (χ4n) is 4.85. The van der Waals surface area contributed by atoms with Crippen molar-refractivity contribution >= 4 is 34.4 Å². The molecule has 1 aliphatic rings. The summed E-state index contributed by atoms with van der Waals surface area (Å²) in [6.45, 7) is 0.188. The number of aryl methyl sites for hydroxylation is 2. The van der Waals surface area contributed by atoms with Crippen molar-refractivity contribution in [1.82, 2.24) is 19.8 Å². The Morgan fingerprint density at radius 2 is 1.79 bits per heavy atom. The normalized spacial score (nSPS) is 14.1. The first-order valence-corrected chi connectivity index (χ1v) is 13.3. The first kappa shape index (κ1) is 30.6. The highest BCUT2D eigenvalue weighted by Crippen LogP contribution is 2.36. The number of carbonyl (C=O) groups excluding carboxylic acids is 3. The standard InChI is InChI=1S/C28H32F3N5O6/c1-4-20-21(34-26(39)16-5-7-18(41-3)8-6-16)13-19-24(42-15-28(29,30)31)23(35(2)25(19)33-20)27(40)32-17-9-11-36(12-10-17)22(38)14-37/h5-8,13,17,37H,4,9-12,14-15H2,1-3H3,(H,32,40)(H,34,39). The number of nitrogens with one attached hydrogen (secondary N) is 2. The molecular weight excluding hydrogens is 559 g/mol. The monoisotopic (exact) mass is 591 g/mol. The molecule has 0 aliphatic carbocycles. The predicted molar refractivity (Wildman–Crippen MR) is 147 cm³/mol. The van der Waals surface area contributed by atoms with Gasteiger partial charge in [0.05, 0.1) is 23.9 Å². The van der Waals surface area contributed by atoms with E-state index in [0.29, 0.717) is 49.4 Å². The molecule has 3 heterocycles. The van der Waals surface area contributed by atoms with Crippen molar-refractivity contribution in [3.8, 4) is 11.5 Å². The lowest BCUT2D eigenvalue weighted by molar-refractivity contribution is -0.153. The van der Waals surface area contributed by atoms with Crippen LogP contribution in [0.3, 0.4) is 0 Å². The molecule has 226 valence electrons. The maximum Gasteiger partial charge on any atom is 0.422 e. The number of rotatable bonds is 9. The Morgan fingerprint density at radius 1 is 1.12 bits per heavy atom. The van der Waals surface area contributed by atoms with Crippen LogP contribution >= 0.6 is 0 Å². The molecule has 11 nitrogen and oxygen atoms in total. The molecular formula is C28H32F3N5O6. The molecule has 0 spiro atoms. The molecule has 0 radical (unpaired) electrons. The smallest absolute Gasteiger partial charge is 0.422 e. The van der Waals surface area contributed by atoms with E-state index in [-0.39, 0.29) is 34.2 Å². The third kappa shape index (κ3) is 6.75. The number of hydrogen-bond acceptors (Lipinski definition) is 7. The molecule has 1 aliphatic heterocycles. The summed E-state index contributed by atoms with van der Waals surface area (Å²) in [5.41, 5.74) is 1.10. The summed E-state index contributed by atoms with van der Waals surface area (Å²) in [6, 6.07) is 7.49. The number of pyridine rings is 1. The van der Waals surface area contributed by atoms with Crippen molar-refractivity contribution in [1.29, 1.82) is 0 Å². The molecule has 3 N–H and O–H groups in total. The molecule has 1 fully saturated rings. The van der Waals surface area contributed by atoms with Gasteiger partial charge in [-0.05, 0) is 49.6 Å². The van der Waals surface area contributed by atoms with Gasteiger partial charge in [-0.25, -0.2) is 4.98 Å². The van der Waals surface area contributed by atoms with Crippen molar-refractivity contribution in [3.05, 3.63) is 47.3 Å². The van der Waals surface area contributed by atoms with Crippen LogP contribution in [0.15, 0.2) is 30.3 Å². The third-order valence-corrected chi connectivity index (χ3v) is 7.04. The number of fused-ring (bicyclic) bond motifs is 1. The first-order valence-electron chi connectivity index (χ1n) is 13.3. The minimum absolute atomic E-state index is 0.123. The number of aliphatic hydroxyl groups excluding tert-OH is 1. The molecule has 0 bridgehead atoms. The van der Waals surface area contributed by atoms with Gasteiger partial charge < -0.3 is 34.7 Å². The maximum absolute atomic E-state index is 13.5. The number of nitrogens with zero attached hydrogens (tertiary/aromatic N) is 3. The van der Waals surface area contributed by atoms with Gasteiger partial charge in [0, 0.05) is 31.7 Å². The van der Waals surface area contributed by atoms with E-state index in [1.165, 1.54) is 29.7 Å². The third-order valence-electron chi connectivity index (χ3n) is 7.04. The number of anilines is 1. The van der Waals surface area contributed by atoms with E-state index in [1.54, 1.807) is 24.3 Å². The van der Waals surface area contributed by atoms with E-state index in [9.17, 15) is 27.6 Å². The van der Waals surface area contributed by atoms with Gasteiger partial charge in [0.15, 0.2) is 18.1 Å². The second-order valence-electron chi connectivity index (χ2n) is 9.82. The van der Waals surface area contributed by atoms with Crippen molar-refractivity contribution < 1.29 is 42.1 Å². The zero-order chi connectivity index (χ0) is 30.6. The van der Waals surface area contributed by atoms with Crippen LogP contribution in [0.2, 0.25) is 0 Å². The molecule has 4 rings (SSSR count). The van der Waals surface area contributed by atoms with Gasteiger partial charge >= 0.3 is 6.18 Å². The number of ether oxygens (including phenoxy) is 2. The minimum atomic E-state index is -4.68. The lowest BCUT2D eigenvalue weighted by Crippen LogP contribution is -2.47. The van der Waals surface area contributed by atoms with Crippen molar-refractivity contribution in [2.75, 3.05) is 38.7 Å². The molecule has 42 heavy (non-hydrogen) atoms. The van der Waals surface area contributed by atoms with E-state index < -0.39 is 37.1 Å². The number of amides is 3. The van der Waals surface area contributed by atoms with Crippen LogP contribution < -0.4 is 20.1 Å². The van der Waals surface area contributed by atoms with E-state index in [0.717, 1.165) is 0 Å². The number of hydrogen-bond donors (Lipinski definition) is 3. The highest BCUT2D eigenvalue weighted by molar-refractivity contribution is 6.07. The Balaban J connectivity index is 1.68. The van der Waals surface area contributed by atoms with Gasteiger partial charge in [-0.2, -0.15) is 13.2 Å². The quantitative estimate of drug-likeness (QED) is 0.348. The molecule has 1 saturated heterocycles. The summed E-state index contributed by atoms with van der Waals surface area (Å²) in [7, 11) is 3.00. The fourth-order valence-corrected chi connectivity index (χ4v) is 4.85. The molecule has 1 aromatic carbocycles. The summed E-state index contributed by atoms with van der Waals surface area (Å²) in [6.07, 6.45) is -3.49. The van der Waals surface area contributed by atoms with Crippen LogP contribution in [0.1, 0.15) is 46.3 Å². The van der Waals surface area contributed by atoms with E-state index in [4.69, 9.17) is 14.6 Å². The van der Waals surface area contributed by atoms with Crippen LogP contribution in [-0.4, -0.2) is 82.9 Å². The van der Waals surface area contributed by atoms with Gasteiger partial charge in [0.2, 0.25) is 5.91 Å². The highest BCUT2D eigenvalue weighted by Gasteiger charge is 2.33. The average molecular weight is 592 g/mol. The number of alkyl halides is 3. The highest BCUT2D eigenvalue weighted by atomic mass is 19.4. The number of likely N-dealkylation sites (tertiary alicyclic amines) is 1. The molecule has 0 atom stereocenters. The number of carbonyl (C=O) groups is 3. The molecule has 3 amide bonds. The summed E-state index contributed by atoms with van der Waals surface area (Å²) in [5.74, 6) is -1.29. The number of methoxy groups -OCH3 is 1. The molecule has 0 saturated carbocycles. The van der Waals surface area contributed by atoms with Crippen molar-refractivity contribution in [2.24, 2.45) is 7.05 Å². The molecule has 2 aromatic heterocycles. The summed E-state index contributed by atoms with van der Waals surface area (Å²) in [4.78, 5) is 44.2. The van der Waals surface area contributed by atoms with Gasteiger partial charge in [-0.15, -0.1) is 0 Å². The number of benzene rings is 1. The molecule has 0 unspecified atom stereocenters. The predicted octanol–water partition coefficient (Wildman–Crippen LogP) is 3.05. The zero-order valence-electron chi connectivity index (χ0n) is 23.4. The Morgan fingerprint density at radius 3 is 2.36 bits per heavy atom. The van der Waals surface area contributed by atoms with Gasteiger partial charge in [0.25, 0.3) is 11.8 Å². The van der Waals surface area contributed by atoms with Crippen LogP contribution in [0.25, 0.3) is 11.0 Å². The van der Waals surface area contributed by atoms with Crippen LogP contribution in [0, 0.1) is 0 Å².